The molecule has 0 spiro atoms. The van der Waals surface area contributed by atoms with Crippen LogP contribution in [-0.4, -0.2) is 9.91 Å². The van der Waals surface area contributed by atoms with E-state index in [1.54, 1.807) is 0 Å². The maximum atomic E-state index is 10.4. The van der Waals surface area contributed by atoms with E-state index in [4.69, 9.17) is 9.95 Å². The Hall–Kier alpha value is -2.60. The molecule has 2 aromatic rings. The Balaban J connectivity index is 2.61. The molecule has 0 bridgehead atoms. The van der Waals surface area contributed by atoms with Gasteiger partial charge in [0.05, 0.1) is 4.92 Å². The summed E-state index contributed by atoms with van der Waals surface area (Å²) in [5.74, 6) is 0. The molecule has 0 saturated heterocycles. The maximum Gasteiger partial charge on any atom is 0.284 e. The highest BCUT2D eigenvalue weighted by atomic mass is 16.6. The van der Waals surface area contributed by atoms with Crippen LogP contribution in [0, 0.1) is 10.1 Å². The van der Waals surface area contributed by atoms with Gasteiger partial charge in [0, 0.05) is 17.0 Å². The summed E-state index contributed by atoms with van der Waals surface area (Å²) >= 11 is 0. The molecule has 0 N–H and O–H groups in total. The Labute approximate surface area is 81.9 Å². The Bertz CT molecular complexity index is 583. The van der Waals surface area contributed by atoms with Crippen molar-refractivity contribution in [2.24, 2.45) is 5.11 Å². The molecule has 0 unspecified atom stereocenters. The molecule has 2 rings (SSSR count). The molecule has 0 radical (unpaired) electrons. The Morgan fingerprint density at radius 1 is 1.60 bits per heavy atom. The van der Waals surface area contributed by atoms with Crippen LogP contribution in [0.25, 0.3) is 21.5 Å². The average molecular weight is 205 g/mol. The molecule has 0 fully saturated rings. The fourth-order valence-electron chi connectivity index (χ4n) is 1.10. The summed E-state index contributed by atoms with van der Waals surface area (Å²) in [6, 6.07) is 3.77. The van der Waals surface area contributed by atoms with E-state index in [2.05, 4.69) is 15.0 Å². The van der Waals surface area contributed by atoms with Gasteiger partial charge in [-0.05, 0) is 16.7 Å². The number of nitro benzene ring substituents is 1. The zero-order valence-electron chi connectivity index (χ0n) is 7.19. The number of rotatable bonds is 2. The molecule has 0 aliphatic carbocycles. The molecule has 74 valence electrons. The second kappa shape index (κ2) is 3.28. The Morgan fingerprint density at radius 2 is 2.40 bits per heavy atom. The molecule has 1 aromatic heterocycles. The van der Waals surface area contributed by atoms with Crippen LogP contribution in [0.3, 0.4) is 0 Å². The van der Waals surface area contributed by atoms with E-state index in [0.29, 0.717) is 5.58 Å². The van der Waals surface area contributed by atoms with Gasteiger partial charge in [-0.2, -0.15) is 0 Å². The second-order valence-corrected chi connectivity index (χ2v) is 2.60. The molecular formula is C7H3N5O3. The van der Waals surface area contributed by atoms with Crippen molar-refractivity contribution in [1.82, 2.24) is 4.98 Å². The van der Waals surface area contributed by atoms with Gasteiger partial charge in [0.2, 0.25) is 0 Å². The minimum Gasteiger partial charge on any atom is -0.435 e. The Morgan fingerprint density at radius 3 is 3.07 bits per heavy atom. The highest BCUT2D eigenvalue weighted by Gasteiger charge is 2.10. The van der Waals surface area contributed by atoms with Crippen LogP contribution in [0.4, 0.5) is 11.7 Å². The molecule has 0 aliphatic heterocycles. The van der Waals surface area contributed by atoms with Gasteiger partial charge < -0.3 is 4.42 Å². The lowest BCUT2D eigenvalue weighted by Gasteiger charge is -1.88. The van der Waals surface area contributed by atoms with Crippen molar-refractivity contribution in [1.29, 1.82) is 0 Å². The first-order valence-corrected chi connectivity index (χ1v) is 3.81. The number of non-ortho nitro benzene ring substituents is 1. The van der Waals surface area contributed by atoms with Crippen LogP contribution in [0.15, 0.2) is 27.7 Å². The topological polar surface area (TPSA) is 118 Å². The van der Waals surface area contributed by atoms with Gasteiger partial charge in [-0.25, -0.2) is 4.98 Å². The zero-order chi connectivity index (χ0) is 10.8. The summed E-state index contributed by atoms with van der Waals surface area (Å²) in [7, 11) is 0. The maximum absolute atomic E-state index is 10.4. The quantitative estimate of drug-likeness (QED) is 0.246. The zero-order valence-corrected chi connectivity index (χ0v) is 7.19. The largest absolute Gasteiger partial charge is 0.435 e. The summed E-state index contributed by atoms with van der Waals surface area (Å²) < 4.78 is 4.99. The van der Waals surface area contributed by atoms with E-state index >= 15 is 0 Å². The van der Waals surface area contributed by atoms with Gasteiger partial charge in [-0.15, -0.1) is 0 Å². The number of oxazole rings is 1. The van der Waals surface area contributed by atoms with E-state index in [1.165, 1.54) is 18.2 Å². The molecule has 15 heavy (non-hydrogen) atoms. The molecule has 0 atom stereocenters. The standard InChI is InChI=1S/C7H3N5O3/c8-11-10-7-9-5-3-4(12(13)14)1-2-6(5)15-7/h1-3H. The van der Waals surface area contributed by atoms with E-state index < -0.39 is 4.92 Å². The van der Waals surface area contributed by atoms with Gasteiger partial charge in [0.25, 0.3) is 11.7 Å². The first-order chi connectivity index (χ1) is 7.20. The fraction of sp³-hybridized carbons (Fsp3) is 0. The lowest BCUT2D eigenvalue weighted by Crippen LogP contribution is -1.86. The van der Waals surface area contributed by atoms with Crippen LogP contribution in [-0.2, 0) is 0 Å². The molecule has 1 heterocycles. The van der Waals surface area contributed by atoms with Crippen molar-refractivity contribution in [3.63, 3.8) is 0 Å². The van der Waals surface area contributed by atoms with Crippen LogP contribution in [0.1, 0.15) is 0 Å². The predicted molar refractivity (Wildman–Crippen MR) is 49.5 cm³/mol. The number of hydrogen-bond donors (Lipinski definition) is 0. The molecule has 0 saturated carbocycles. The number of fused-ring (bicyclic) bond motifs is 1. The van der Waals surface area contributed by atoms with Crippen LogP contribution in [0.5, 0.6) is 0 Å². The van der Waals surface area contributed by atoms with E-state index in [-0.39, 0.29) is 17.2 Å². The van der Waals surface area contributed by atoms with Gasteiger partial charge in [-0.3, -0.25) is 10.1 Å². The third kappa shape index (κ3) is 1.56. The third-order valence-corrected chi connectivity index (χ3v) is 1.70. The first-order valence-electron chi connectivity index (χ1n) is 3.81. The first kappa shape index (κ1) is 8.97. The number of nitro groups is 1. The third-order valence-electron chi connectivity index (χ3n) is 1.70. The number of azide groups is 1. The second-order valence-electron chi connectivity index (χ2n) is 2.60. The summed E-state index contributed by atoms with van der Waals surface area (Å²) in [5, 5.41) is 13.6. The number of hydrogen-bond acceptors (Lipinski definition) is 5. The van der Waals surface area contributed by atoms with Crippen molar-refractivity contribution >= 4 is 22.8 Å². The van der Waals surface area contributed by atoms with Crippen molar-refractivity contribution in [3.05, 3.63) is 38.8 Å². The minimum absolute atomic E-state index is 0.0942. The summed E-state index contributed by atoms with van der Waals surface area (Å²) in [6.45, 7) is 0. The lowest BCUT2D eigenvalue weighted by molar-refractivity contribution is -0.384. The van der Waals surface area contributed by atoms with Gasteiger partial charge in [0.1, 0.15) is 5.52 Å². The number of nitrogens with zero attached hydrogens (tertiary/aromatic N) is 5. The Kier molecular flexibility index (Phi) is 1.96. The molecule has 0 aliphatic rings. The van der Waals surface area contributed by atoms with Crippen molar-refractivity contribution < 1.29 is 9.34 Å². The van der Waals surface area contributed by atoms with E-state index in [0.717, 1.165) is 0 Å². The molecule has 0 amide bonds. The van der Waals surface area contributed by atoms with Crippen molar-refractivity contribution in [2.45, 2.75) is 0 Å². The highest BCUT2D eigenvalue weighted by Crippen LogP contribution is 2.24. The van der Waals surface area contributed by atoms with Gasteiger partial charge in [0.15, 0.2) is 5.58 Å². The molecular weight excluding hydrogens is 202 g/mol. The fourth-order valence-corrected chi connectivity index (χ4v) is 1.10. The number of benzene rings is 1. The summed E-state index contributed by atoms with van der Waals surface area (Å²) in [4.78, 5) is 16.1. The molecule has 8 nitrogen and oxygen atoms in total. The van der Waals surface area contributed by atoms with Crippen molar-refractivity contribution in [2.75, 3.05) is 0 Å². The normalized spacial score (nSPS) is 9.87. The van der Waals surface area contributed by atoms with Gasteiger partial charge >= 0.3 is 0 Å². The summed E-state index contributed by atoms with van der Waals surface area (Å²) in [6.07, 6.45) is 0. The SMILES string of the molecule is [N-]=[N+]=Nc1nc2cc([N+](=O)[O-])ccc2o1. The van der Waals surface area contributed by atoms with Crippen LogP contribution in [0.2, 0.25) is 0 Å². The monoisotopic (exact) mass is 205 g/mol. The highest BCUT2D eigenvalue weighted by molar-refractivity contribution is 5.76. The van der Waals surface area contributed by atoms with E-state index in [1.807, 2.05) is 0 Å². The van der Waals surface area contributed by atoms with Crippen LogP contribution >= 0.6 is 0 Å². The summed E-state index contributed by atoms with van der Waals surface area (Å²) in [5.41, 5.74) is 8.66. The smallest absolute Gasteiger partial charge is 0.284 e. The van der Waals surface area contributed by atoms with E-state index in [9.17, 15) is 10.1 Å². The van der Waals surface area contributed by atoms with Crippen LogP contribution < -0.4 is 0 Å². The minimum atomic E-state index is -0.540. The number of aromatic nitrogens is 1. The van der Waals surface area contributed by atoms with Gasteiger partial charge in [-0.1, -0.05) is 0 Å². The molecule has 8 heteroatoms. The van der Waals surface area contributed by atoms with Crippen molar-refractivity contribution in [3.8, 4) is 0 Å². The average Bonchev–Trinajstić information content (AvgIpc) is 2.59. The molecule has 1 aromatic carbocycles. The lowest BCUT2D eigenvalue weighted by atomic mass is 10.3. The predicted octanol–water partition coefficient (Wildman–Crippen LogP) is 2.68.